The number of carbonyl (C=O) groups is 1. The Morgan fingerprint density at radius 2 is 1.61 bits per heavy atom. The van der Waals surface area contributed by atoms with Crippen molar-refractivity contribution in [3.63, 3.8) is 0 Å². The highest BCUT2D eigenvalue weighted by Crippen LogP contribution is 2.32. The van der Waals surface area contributed by atoms with Gasteiger partial charge in [-0.05, 0) is 65.2 Å². The Labute approximate surface area is 204 Å². The van der Waals surface area contributed by atoms with Crippen LogP contribution in [-0.4, -0.2) is 21.0 Å². The summed E-state index contributed by atoms with van der Waals surface area (Å²) in [4.78, 5) is 19.8. The number of phenolic OH excluding ortho intramolecular Hbond substituents is 1. The summed E-state index contributed by atoms with van der Waals surface area (Å²) in [6, 6.07) is 24.8. The summed E-state index contributed by atoms with van der Waals surface area (Å²) in [7, 11) is 0. The van der Waals surface area contributed by atoms with Gasteiger partial charge in [0.2, 0.25) is 5.91 Å². The highest BCUT2D eigenvalue weighted by Gasteiger charge is 2.30. The molecule has 1 amide bonds. The topological polar surface area (TPSA) is 78.0 Å². The van der Waals surface area contributed by atoms with Crippen molar-refractivity contribution in [1.29, 1.82) is 0 Å². The number of H-pyrrole nitrogens is 1. The van der Waals surface area contributed by atoms with Gasteiger partial charge in [-0.3, -0.25) is 4.79 Å². The lowest BCUT2D eigenvalue weighted by atomic mass is 10.0. The fraction of sp³-hybridized carbons (Fsp3) is 0.0714. The molecule has 0 aliphatic rings. The first kappa shape index (κ1) is 23.2. The van der Waals surface area contributed by atoms with E-state index in [4.69, 9.17) is 0 Å². The second-order valence-electron chi connectivity index (χ2n) is 8.37. The molecule has 0 unspecified atom stereocenters. The van der Waals surface area contributed by atoms with E-state index in [0.717, 1.165) is 28.8 Å². The average molecular weight is 487 g/mol. The standard InChI is InChI=1S/C28H20F3N3O2/c29-28(30,31)21-9-12-24-25(16-21)34-27(33-24)20-5-2-4-19(15-20)18-7-10-22(11-8-18)32-26(36)14-17-3-1-6-23(35)13-17/h1-13,15-16,35H,14H2,(H,32,36)(H,33,34). The Morgan fingerprint density at radius 3 is 2.36 bits per heavy atom. The van der Waals surface area contributed by atoms with Gasteiger partial charge in [-0.15, -0.1) is 0 Å². The molecule has 5 nitrogen and oxygen atoms in total. The van der Waals surface area contributed by atoms with Crippen LogP contribution >= 0.6 is 0 Å². The molecule has 0 atom stereocenters. The van der Waals surface area contributed by atoms with Gasteiger partial charge in [0.25, 0.3) is 0 Å². The SMILES string of the molecule is O=C(Cc1cccc(O)c1)Nc1ccc(-c2cccc(-c3nc4ccc(C(F)(F)F)cc4[nH]3)c2)cc1. The molecule has 5 aromatic rings. The Balaban J connectivity index is 1.33. The maximum absolute atomic E-state index is 13.0. The molecule has 0 aliphatic carbocycles. The van der Waals surface area contributed by atoms with Crippen LogP contribution in [0.3, 0.4) is 0 Å². The molecule has 0 bridgehead atoms. The highest BCUT2D eigenvalue weighted by atomic mass is 19.4. The van der Waals surface area contributed by atoms with E-state index in [1.54, 1.807) is 36.4 Å². The van der Waals surface area contributed by atoms with Crippen LogP contribution in [0.2, 0.25) is 0 Å². The molecule has 0 spiro atoms. The van der Waals surface area contributed by atoms with Gasteiger partial charge in [0.15, 0.2) is 0 Å². The third kappa shape index (κ3) is 5.07. The number of aromatic amines is 1. The van der Waals surface area contributed by atoms with Crippen molar-refractivity contribution in [3.05, 3.63) is 102 Å². The van der Waals surface area contributed by atoms with Crippen molar-refractivity contribution in [3.8, 4) is 28.3 Å². The fourth-order valence-electron chi connectivity index (χ4n) is 3.97. The molecule has 0 radical (unpaired) electrons. The number of amides is 1. The van der Waals surface area contributed by atoms with E-state index in [1.165, 1.54) is 6.07 Å². The molecule has 3 N–H and O–H groups in total. The Hall–Kier alpha value is -4.59. The summed E-state index contributed by atoms with van der Waals surface area (Å²) in [5, 5.41) is 12.4. The third-order valence-electron chi connectivity index (χ3n) is 5.72. The summed E-state index contributed by atoms with van der Waals surface area (Å²) < 4.78 is 39.1. The van der Waals surface area contributed by atoms with Crippen LogP contribution in [0.25, 0.3) is 33.5 Å². The third-order valence-corrected chi connectivity index (χ3v) is 5.72. The Morgan fingerprint density at radius 1 is 0.861 bits per heavy atom. The molecule has 0 saturated heterocycles. The molecule has 36 heavy (non-hydrogen) atoms. The molecule has 180 valence electrons. The van der Waals surface area contributed by atoms with Gasteiger partial charge < -0.3 is 15.4 Å². The van der Waals surface area contributed by atoms with Crippen LogP contribution in [0, 0.1) is 0 Å². The number of alkyl halides is 3. The number of phenols is 1. The minimum absolute atomic E-state index is 0.112. The Bertz CT molecular complexity index is 1560. The second kappa shape index (κ2) is 9.22. The number of hydrogen-bond donors (Lipinski definition) is 3. The molecule has 1 aromatic heterocycles. The average Bonchev–Trinajstić information content (AvgIpc) is 3.28. The number of fused-ring (bicyclic) bond motifs is 1. The van der Waals surface area contributed by atoms with E-state index >= 15 is 0 Å². The lowest BCUT2D eigenvalue weighted by molar-refractivity contribution is -0.137. The summed E-state index contributed by atoms with van der Waals surface area (Å²) in [5.74, 6) is 0.386. The van der Waals surface area contributed by atoms with E-state index in [1.807, 2.05) is 36.4 Å². The molecule has 4 aromatic carbocycles. The number of aromatic hydroxyl groups is 1. The molecule has 0 aliphatic heterocycles. The maximum Gasteiger partial charge on any atom is 0.416 e. The number of rotatable bonds is 5. The van der Waals surface area contributed by atoms with Crippen molar-refractivity contribution < 1.29 is 23.1 Å². The molecule has 0 saturated carbocycles. The summed E-state index contributed by atoms with van der Waals surface area (Å²) in [6.07, 6.45) is -4.28. The summed E-state index contributed by atoms with van der Waals surface area (Å²) in [5.41, 5.74) is 3.91. The van der Waals surface area contributed by atoms with E-state index in [9.17, 15) is 23.1 Å². The highest BCUT2D eigenvalue weighted by molar-refractivity contribution is 5.92. The van der Waals surface area contributed by atoms with Crippen molar-refractivity contribution in [2.75, 3.05) is 5.32 Å². The van der Waals surface area contributed by atoms with E-state index in [2.05, 4.69) is 15.3 Å². The fourth-order valence-corrected chi connectivity index (χ4v) is 3.97. The molecular formula is C28H20F3N3O2. The minimum Gasteiger partial charge on any atom is -0.508 e. The van der Waals surface area contributed by atoms with Crippen LogP contribution in [0.15, 0.2) is 91.0 Å². The number of imidazole rings is 1. The number of carbonyl (C=O) groups excluding carboxylic acids is 1. The van der Waals surface area contributed by atoms with Gasteiger partial charge in [-0.25, -0.2) is 4.98 Å². The number of nitrogens with zero attached hydrogens (tertiary/aromatic N) is 1. The largest absolute Gasteiger partial charge is 0.508 e. The van der Waals surface area contributed by atoms with Crippen molar-refractivity contribution in [2.45, 2.75) is 12.6 Å². The van der Waals surface area contributed by atoms with Crippen LogP contribution in [0.4, 0.5) is 18.9 Å². The monoisotopic (exact) mass is 487 g/mol. The molecule has 1 heterocycles. The number of anilines is 1. The van der Waals surface area contributed by atoms with Gasteiger partial charge in [0.05, 0.1) is 23.0 Å². The molecule has 0 fully saturated rings. The first-order chi connectivity index (χ1) is 17.2. The van der Waals surface area contributed by atoms with Gasteiger partial charge in [-0.1, -0.05) is 42.5 Å². The zero-order chi connectivity index (χ0) is 25.3. The van der Waals surface area contributed by atoms with Gasteiger partial charge in [0.1, 0.15) is 11.6 Å². The summed E-state index contributed by atoms with van der Waals surface area (Å²) in [6.45, 7) is 0. The van der Waals surface area contributed by atoms with Crippen molar-refractivity contribution in [1.82, 2.24) is 9.97 Å². The predicted molar refractivity (Wildman–Crippen MR) is 132 cm³/mol. The normalized spacial score (nSPS) is 11.5. The van der Waals surface area contributed by atoms with Gasteiger partial charge in [0, 0.05) is 11.3 Å². The quantitative estimate of drug-likeness (QED) is 0.255. The minimum atomic E-state index is -4.42. The number of halogens is 3. The van der Waals surface area contributed by atoms with Crippen molar-refractivity contribution in [2.24, 2.45) is 0 Å². The maximum atomic E-state index is 13.0. The van der Waals surface area contributed by atoms with Crippen LogP contribution in [0.1, 0.15) is 11.1 Å². The zero-order valence-electron chi connectivity index (χ0n) is 18.8. The summed E-state index contributed by atoms with van der Waals surface area (Å²) >= 11 is 0. The van der Waals surface area contributed by atoms with E-state index < -0.39 is 11.7 Å². The van der Waals surface area contributed by atoms with Crippen LogP contribution < -0.4 is 5.32 Å². The zero-order valence-corrected chi connectivity index (χ0v) is 18.8. The first-order valence-corrected chi connectivity index (χ1v) is 11.1. The number of nitrogens with one attached hydrogen (secondary N) is 2. The molecule has 5 rings (SSSR count). The van der Waals surface area contributed by atoms with Gasteiger partial charge in [-0.2, -0.15) is 13.2 Å². The Kier molecular flexibility index (Phi) is 5.93. The van der Waals surface area contributed by atoms with E-state index in [0.29, 0.717) is 28.1 Å². The number of hydrogen-bond acceptors (Lipinski definition) is 3. The smallest absolute Gasteiger partial charge is 0.416 e. The van der Waals surface area contributed by atoms with Crippen LogP contribution in [0.5, 0.6) is 5.75 Å². The predicted octanol–water partition coefficient (Wildman–Crippen LogP) is 6.80. The number of benzene rings is 4. The van der Waals surface area contributed by atoms with Crippen LogP contribution in [-0.2, 0) is 17.4 Å². The lowest BCUT2D eigenvalue weighted by Crippen LogP contribution is -2.14. The van der Waals surface area contributed by atoms with Gasteiger partial charge >= 0.3 is 6.18 Å². The second-order valence-corrected chi connectivity index (χ2v) is 8.37. The lowest BCUT2D eigenvalue weighted by Gasteiger charge is -2.08. The number of aromatic nitrogens is 2. The van der Waals surface area contributed by atoms with E-state index in [-0.39, 0.29) is 18.1 Å². The van der Waals surface area contributed by atoms with Crippen molar-refractivity contribution >= 4 is 22.6 Å². The molecular weight excluding hydrogens is 467 g/mol. The first-order valence-electron chi connectivity index (χ1n) is 11.1. The molecule has 8 heteroatoms.